The number of aromatic nitrogens is 3. The molecule has 2 rings (SSSR count). The van der Waals surface area contributed by atoms with E-state index in [4.69, 9.17) is 40.2 Å². The summed E-state index contributed by atoms with van der Waals surface area (Å²) >= 11 is 17.0. The van der Waals surface area contributed by atoms with Gasteiger partial charge in [0.25, 0.3) is 0 Å². The van der Waals surface area contributed by atoms with Crippen LogP contribution in [0, 0.1) is 4.77 Å². The third-order valence-corrected chi connectivity index (χ3v) is 2.93. The number of ether oxygens (including phenoxy) is 1. The van der Waals surface area contributed by atoms with E-state index in [1.807, 2.05) is 0 Å². The standard InChI is InChI=1S/C10H8Cl2N4OS/c1-17-9-7(11)2-6(3-8(9)12)4-14-16-5-13-15-10(16)18/h2-5H,1H3,(H,15,18)/b14-4-. The number of nitrogens with one attached hydrogen (secondary N) is 1. The summed E-state index contributed by atoms with van der Waals surface area (Å²) in [7, 11) is 1.51. The Morgan fingerprint density at radius 2 is 2.11 bits per heavy atom. The highest BCUT2D eigenvalue weighted by Gasteiger charge is 2.07. The maximum atomic E-state index is 6.01. The van der Waals surface area contributed by atoms with Gasteiger partial charge in [-0.3, -0.25) is 5.10 Å². The molecule has 1 aromatic heterocycles. The van der Waals surface area contributed by atoms with Gasteiger partial charge in [-0.1, -0.05) is 23.2 Å². The molecule has 0 saturated carbocycles. The normalized spacial score (nSPS) is 11.1. The van der Waals surface area contributed by atoms with Gasteiger partial charge in [0, 0.05) is 0 Å². The van der Waals surface area contributed by atoms with E-state index in [-0.39, 0.29) is 0 Å². The Morgan fingerprint density at radius 3 is 2.61 bits per heavy atom. The number of methoxy groups -OCH3 is 1. The van der Waals surface area contributed by atoms with Crippen molar-refractivity contribution in [2.45, 2.75) is 0 Å². The van der Waals surface area contributed by atoms with Crippen molar-refractivity contribution >= 4 is 41.6 Å². The molecule has 0 saturated heterocycles. The smallest absolute Gasteiger partial charge is 0.216 e. The van der Waals surface area contributed by atoms with Gasteiger partial charge in [0.15, 0.2) is 5.75 Å². The van der Waals surface area contributed by atoms with Crippen molar-refractivity contribution in [1.29, 1.82) is 0 Å². The Balaban J connectivity index is 2.33. The monoisotopic (exact) mass is 302 g/mol. The maximum Gasteiger partial charge on any atom is 0.216 e. The molecule has 5 nitrogen and oxygen atoms in total. The van der Waals surface area contributed by atoms with Gasteiger partial charge >= 0.3 is 0 Å². The van der Waals surface area contributed by atoms with E-state index in [2.05, 4.69) is 15.3 Å². The zero-order valence-corrected chi connectivity index (χ0v) is 11.6. The van der Waals surface area contributed by atoms with Crippen molar-refractivity contribution in [3.63, 3.8) is 0 Å². The third kappa shape index (κ3) is 2.72. The molecule has 1 N–H and O–H groups in total. The molecule has 1 aromatic carbocycles. The number of hydrogen-bond acceptors (Lipinski definition) is 4. The van der Waals surface area contributed by atoms with Gasteiger partial charge in [0.2, 0.25) is 4.77 Å². The molecule has 0 fully saturated rings. The molecule has 8 heteroatoms. The van der Waals surface area contributed by atoms with Crippen LogP contribution in [0.4, 0.5) is 0 Å². The van der Waals surface area contributed by atoms with Crippen LogP contribution in [-0.4, -0.2) is 28.2 Å². The van der Waals surface area contributed by atoms with Crippen LogP contribution in [0.25, 0.3) is 0 Å². The number of hydrogen-bond donors (Lipinski definition) is 1. The lowest BCUT2D eigenvalue weighted by atomic mass is 10.2. The first-order valence-corrected chi connectivity index (χ1v) is 5.97. The topological polar surface area (TPSA) is 55.2 Å². The van der Waals surface area contributed by atoms with Crippen molar-refractivity contribution in [3.8, 4) is 5.75 Å². The van der Waals surface area contributed by atoms with E-state index in [1.54, 1.807) is 18.3 Å². The SMILES string of the molecule is COc1c(Cl)cc(/C=N\n2cn[nH]c2=S)cc1Cl. The summed E-state index contributed by atoms with van der Waals surface area (Å²) < 4.78 is 6.87. The highest BCUT2D eigenvalue weighted by atomic mass is 35.5. The lowest BCUT2D eigenvalue weighted by Crippen LogP contribution is -1.91. The summed E-state index contributed by atoms with van der Waals surface area (Å²) in [6, 6.07) is 3.39. The van der Waals surface area contributed by atoms with Crippen molar-refractivity contribution in [3.05, 3.63) is 38.8 Å². The molecule has 0 amide bonds. The Kier molecular flexibility index (Phi) is 4.00. The van der Waals surface area contributed by atoms with Crippen LogP contribution in [0.2, 0.25) is 10.0 Å². The van der Waals surface area contributed by atoms with E-state index >= 15 is 0 Å². The van der Waals surface area contributed by atoms with Crippen LogP contribution >= 0.6 is 35.4 Å². The summed E-state index contributed by atoms with van der Waals surface area (Å²) in [6.45, 7) is 0. The van der Waals surface area contributed by atoms with Gasteiger partial charge in [-0.05, 0) is 29.9 Å². The Labute approximate surface area is 118 Å². The fraction of sp³-hybridized carbons (Fsp3) is 0.100. The number of nitrogens with zero attached hydrogens (tertiary/aromatic N) is 3. The Bertz CT molecular complexity index is 626. The molecular formula is C10H8Cl2N4OS. The van der Waals surface area contributed by atoms with Gasteiger partial charge in [0.05, 0.1) is 23.4 Å². The van der Waals surface area contributed by atoms with Gasteiger partial charge in [-0.2, -0.15) is 14.9 Å². The molecule has 0 aliphatic rings. The van der Waals surface area contributed by atoms with Crippen molar-refractivity contribution in [2.24, 2.45) is 5.10 Å². The highest BCUT2D eigenvalue weighted by Crippen LogP contribution is 2.33. The first-order chi connectivity index (χ1) is 8.61. The molecule has 0 spiro atoms. The van der Waals surface area contributed by atoms with Crippen LogP contribution < -0.4 is 4.74 Å². The van der Waals surface area contributed by atoms with Gasteiger partial charge < -0.3 is 4.74 Å². The predicted molar refractivity (Wildman–Crippen MR) is 73.4 cm³/mol. The summed E-state index contributed by atoms with van der Waals surface area (Å²) in [5.74, 6) is 0.440. The number of aromatic amines is 1. The third-order valence-electron chi connectivity index (χ3n) is 2.09. The minimum Gasteiger partial charge on any atom is -0.494 e. The van der Waals surface area contributed by atoms with Gasteiger partial charge in [-0.25, -0.2) is 0 Å². The summed E-state index contributed by atoms with van der Waals surface area (Å²) in [5, 5.41) is 11.3. The van der Waals surface area contributed by atoms with E-state index in [0.717, 1.165) is 5.56 Å². The van der Waals surface area contributed by atoms with Crippen molar-refractivity contribution in [1.82, 2.24) is 14.9 Å². The minimum absolute atomic E-state index is 0.400. The second-order valence-electron chi connectivity index (χ2n) is 3.27. The number of benzene rings is 1. The average molecular weight is 303 g/mol. The average Bonchev–Trinajstić information content (AvgIpc) is 2.72. The van der Waals surface area contributed by atoms with Crippen LogP contribution in [0.1, 0.15) is 5.56 Å². The molecule has 2 aromatic rings. The summed E-state index contributed by atoms with van der Waals surface area (Å²) in [5.41, 5.74) is 0.730. The first-order valence-electron chi connectivity index (χ1n) is 4.81. The van der Waals surface area contributed by atoms with Gasteiger partial charge in [-0.15, -0.1) is 0 Å². The fourth-order valence-corrected chi connectivity index (χ4v) is 2.11. The summed E-state index contributed by atoms with van der Waals surface area (Å²) in [6.07, 6.45) is 3.04. The quantitative estimate of drug-likeness (QED) is 0.700. The van der Waals surface area contributed by atoms with E-state index in [9.17, 15) is 0 Å². The fourth-order valence-electron chi connectivity index (χ4n) is 1.30. The van der Waals surface area contributed by atoms with E-state index in [1.165, 1.54) is 18.1 Å². The number of rotatable bonds is 3. The molecule has 18 heavy (non-hydrogen) atoms. The molecule has 0 atom stereocenters. The molecule has 0 bridgehead atoms. The Morgan fingerprint density at radius 1 is 1.44 bits per heavy atom. The maximum absolute atomic E-state index is 6.01. The first kappa shape index (κ1) is 13.1. The van der Waals surface area contributed by atoms with Crippen LogP contribution in [0.15, 0.2) is 23.6 Å². The molecule has 94 valence electrons. The summed E-state index contributed by atoms with van der Waals surface area (Å²) in [4.78, 5) is 0. The second-order valence-corrected chi connectivity index (χ2v) is 4.47. The lowest BCUT2D eigenvalue weighted by molar-refractivity contribution is 0.415. The van der Waals surface area contributed by atoms with E-state index < -0.39 is 0 Å². The Hall–Kier alpha value is -1.37. The van der Waals surface area contributed by atoms with Crippen molar-refractivity contribution in [2.75, 3.05) is 7.11 Å². The molecule has 0 unspecified atom stereocenters. The molecule has 0 aliphatic carbocycles. The largest absolute Gasteiger partial charge is 0.494 e. The highest BCUT2D eigenvalue weighted by molar-refractivity contribution is 7.71. The van der Waals surface area contributed by atoms with Crippen LogP contribution in [0.3, 0.4) is 0 Å². The second kappa shape index (κ2) is 5.51. The van der Waals surface area contributed by atoms with E-state index in [0.29, 0.717) is 20.6 Å². The molecule has 0 radical (unpaired) electrons. The van der Waals surface area contributed by atoms with Crippen LogP contribution in [-0.2, 0) is 0 Å². The lowest BCUT2D eigenvalue weighted by Gasteiger charge is -2.06. The zero-order chi connectivity index (χ0) is 13.1. The minimum atomic E-state index is 0.400. The van der Waals surface area contributed by atoms with Crippen molar-refractivity contribution < 1.29 is 4.74 Å². The van der Waals surface area contributed by atoms with Gasteiger partial charge in [0.1, 0.15) is 6.33 Å². The molecule has 0 aliphatic heterocycles. The molecule has 1 heterocycles. The number of halogens is 2. The number of H-pyrrole nitrogens is 1. The molecular weight excluding hydrogens is 295 g/mol. The zero-order valence-electron chi connectivity index (χ0n) is 9.22. The van der Waals surface area contributed by atoms with Crippen LogP contribution in [0.5, 0.6) is 5.75 Å². The predicted octanol–water partition coefficient (Wildman–Crippen LogP) is 3.14.